The highest BCUT2D eigenvalue weighted by Gasteiger charge is 1.96. The van der Waals surface area contributed by atoms with E-state index in [1.54, 1.807) is 12.1 Å². The third-order valence-corrected chi connectivity index (χ3v) is 2.19. The number of carbonyl (C=O) groups is 1. The molecule has 0 bridgehead atoms. The van der Waals surface area contributed by atoms with Crippen molar-refractivity contribution in [3.63, 3.8) is 0 Å². The number of amides is 1. The van der Waals surface area contributed by atoms with Crippen molar-refractivity contribution in [3.8, 4) is 0 Å². The third-order valence-electron chi connectivity index (χ3n) is 2.19. The smallest absolute Gasteiger partial charge is 0.244 e. The summed E-state index contributed by atoms with van der Waals surface area (Å²) in [5, 5.41) is 2.74. The van der Waals surface area contributed by atoms with E-state index in [1.807, 2.05) is 32.0 Å². The topological polar surface area (TPSA) is 64.3 Å². The molecule has 4 nitrogen and oxygen atoms in total. The molecule has 0 fully saturated rings. The van der Waals surface area contributed by atoms with E-state index in [9.17, 15) is 4.79 Å². The predicted molar refractivity (Wildman–Crippen MR) is 74.0 cm³/mol. The average Bonchev–Trinajstić information content (AvgIpc) is 2.32. The second-order valence-electron chi connectivity index (χ2n) is 4.21. The van der Waals surface area contributed by atoms with E-state index >= 15 is 0 Å². The molecule has 1 rings (SSSR count). The SMILES string of the molecule is CC(C)OCCNC(=O)/C=C/c1cccc(N)c1. The summed E-state index contributed by atoms with van der Waals surface area (Å²) in [5.41, 5.74) is 7.23. The van der Waals surface area contributed by atoms with Gasteiger partial charge in [-0.1, -0.05) is 12.1 Å². The van der Waals surface area contributed by atoms with Crippen LogP contribution in [0.15, 0.2) is 30.3 Å². The normalized spacial score (nSPS) is 11.1. The number of anilines is 1. The van der Waals surface area contributed by atoms with Gasteiger partial charge in [0.05, 0.1) is 12.7 Å². The molecule has 98 valence electrons. The zero-order valence-electron chi connectivity index (χ0n) is 10.8. The Labute approximate surface area is 108 Å². The number of nitrogens with one attached hydrogen (secondary N) is 1. The fraction of sp³-hybridized carbons (Fsp3) is 0.357. The predicted octanol–water partition coefficient (Wildman–Crippen LogP) is 1.82. The maximum Gasteiger partial charge on any atom is 0.244 e. The van der Waals surface area contributed by atoms with Gasteiger partial charge in [-0.2, -0.15) is 0 Å². The Kier molecular flexibility index (Phi) is 5.94. The number of nitrogen functional groups attached to an aromatic ring is 1. The van der Waals surface area contributed by atoms with E-state index in [1.165, 1.54) is 6.08 Å². The molecular weight excluding hydrogens is 228 g/mol. The quantitative estimate of drug-likeness (QED) is 0.458. The van der Waals surface area contributed by atoms with E-state index in [2.05, 4.69) is 5.32 Å². The van der Waals surface area contributed by atoms with E-state index in [-0.39, 0.29) is 12.0 Å². The van der Waals surface area contributed by atoms with Crippen LogP contribution < -0.4 is 11.1 Å². The number of benzene rings is 1. The van der Waals surface area contributed by atoms with Crippen LogP contribution in [0.1, 0.15) is 19.4 Å². The van der Waals surface area contributed by atoms with Gasteiger partial charge in [0.2, 0.25) is 5.91 Å². The van der Waals surface area contributed by atoms with E-state index < -0.39 is 0 Å². The van der Waals surface area contributed by atoms with Crippen molar-refractivity contribution in [2.24, 2.45) is 0 Å². The highest BCUT2D eigenvalue weighted by molar-refractivity contribution is 5.91. The summed E-state index contributed by atoms with van der Waals surface area (Å²) in [4.78, 5) is 11.5. The maximum atomic E-state index is 11.5. The standard InChI is InChI=1S/C14H20N2O2/c1-11(2)18-9-8-16-14(17)7-6-12-4-3-5-13(15)10-12/h3-7,10-11H,8-9,15H2,1-2H3,(H,16,17)/b7-6+. The largest absolute Gasteiger partial charge is 0.399 e. The van der Waals surface area contributed by atoms with Gasteiger partial charge in [-0.25, -0.2) is 0 Å². The number of rotatable bonds is 6. The zero-order valence-corrected chi connectivity index (χ0v) is 10.8. The molecule has 0 aliphatic carbocycles. The summed E-state index contributed by atoms with van der Waals surface area (Å²) in [7, 11) is 0. The Hall–Kier alpha value is -1.81. The van der Waals surface area contributed by atoms with Crippen LogP contribution in [0, 0.1) is 0 Å². The molecule has 1 amide bonds. The molecule has 1 aromatic carbocycles. The third kappa shape index (κ3) is 6.06. The summed E-state index contributed by atoms with van der Waals surface area (Å²) >= 11 is 0. The monoisotopic (exact) mass is 248 g/mol. The fourth-order valence-corrected chi connectivity index (χ4v) is 1.36. The molecule has 18 heavy (non-hydrogen) atoms. The Bertz CT molecular complexity index is 414. The minimum absolute atomic E-state index is 0.134. The molecule has 0 saturated carbocycles. The Morgan fingerprint density at radius 1 is 1.50 bits per heavy atom. The van der Waals surface area contributed by atoms with Gasteiger partial charge >= 0.3 is 0 Å². The van der Waals surface area contributed by atoms with Crippen molar-refractivity contribution in [3.05, 3.63) is 35.9 Å². The highest BCUT2D eigenvalue weighted by Crippen LogP contribution is 2.07. The molecule has 0 radical (unpaired) electrons. The minimum Gasteiger partial charge on any atom is -0.399 e. The first kappa shape index (κ1) is 14.3. The van der Waals surface area contributed by atoms with Crippen LogP contribution in [-0.4, -0.2) is 25.2 Å². The van der Waals surface area contributed by atoms with Crippen LogP contribution in [0.3, 0.4) is 0 Å². The molecule has 0 unspecified atom stereocenters. The lowest BCUT2D eigenvalue weighted by Gasteiger charge is -2.07. The zero-order chi connectivity index (χ0) is 13.4. The van der Waals surface area contributed by atoms with Crippen LogP contribution in [0.2, 0.25) is 0 Å². The fourth-order valence-electron chi connectivity index (χ4n) is 1.36. The number of ether oxygens (including phenoxy) is 1. The van der Waals surface area contributed by atoms with E-state index in [4.69, 9.17) is 10.5 Å². The van der Waals surface area contributed by atoms with Crippen LogP contribution in [0.4, 0.5) is 5.69 Å². The molecule has 0 aliphatic heterocycles. The lowest BCUT2D eigenvalue weighted by molar-refractivity contribution is -0.116. The van der Waals surface area contributed by atoms with Gasteiger partial charge in [-0.05, 0) is 37.6 Å². The summed E-state index contributed by atoms with van der Waals surface area (Å²) in [5.74, 6) is -0.134. The molecule has 0 spiro atoms. The number of hydrogen-bond donors (Lipinski definition) is 2. The molecule has 0 heterocycles. The summed E-state index contributed by atoms with van der Waals surface area (Å²) < 4.78 is 5.32. The van der Waals surface area contributed by atoms with Gasteiger partial charge in [0, 0.05) is 18.3 Å². The lowest BCUT2D eigenvalue weighted by Crippen LogP contribution is -2.26. The Morgan fingerprint density at radius 2 is 2.28 bits per heavy atom. The number of hydrogen-bond acceptors (Lipinski definition) is 3. The van der Waals surface area contributed by atoms with Gasteiger partial charge in [0.1, 0.15) is 0 Å². The molecule has 4 heteroatoms. The molecule has 1 aromatic rings. The van der Waals surface area contributed by atoms with Crippen LogP contribution in [0.25, 0.3) is 6.08 Å². The van der Waals surface area contributed by atoms with Gasteiger partial charge in [0.25, 0.3) is 0 Å². The first-order valence-corrected chi connectivity index (χ1v) is 6.01. The van der Waals surface area contributed by atoms with Crippen LogP contribution in [0.5, 0.6) is 0 Å². The van der Waals surface area contributed by atoms with Gasteiger partial charge < -0.3 is 15.8 Å². The minimum atomic E-state index is -0.134. The summed E-state index contributed by atoms with van der Waals surface area (Å²) in [6, 6.07) is 7.36. The van der Waals surface area contributed by atoms with Crippen LogP contribution >= 0.6 is 0 Å². The van der Waals surface area contributed by atoms with Crippen molar-refractivity contribution >= 4 is 17.7 Å². The van der Waals surface area contributed by atoms with Crippen molar-refractivity contribution in [2.75, 3.05) is 18.9 Å². The van der Waals surface area contributed by atoms with Gasteiger partial charge in [-0.3, -0.25) is 4.79 Å². The summed E-state index contributed by atoms with van der Waals surface area (Å²) in [6.45, 7) is 4.96. The molecule has 0 atom stereocenters. The second-order valence-corrected chi connectivity index (χ2v) is 4.21. The molecule has 0 aliphatic rings. The average molecular weight is 248 g/mol. The van der Waals surface area contributed by atoms with Crippen molar-refractivity contribution in [2.45, 2.75) is 20.0 Å². The molecular formula is C14H20N2O2. The first-order chi connectivity index (χ1) is 8.58. The van der Waals surface area contributed by atoms with Crippen molar-refractivity contribution in [1.82, 2.24) is 5.32 Å². The van der Waals surface area contributed by atoms with Gasteiger partial charge in [-0.15, -0.1) is 0 Å². The van der Waals surface area contributed by atoms with Crippen molar-refractivity contribution < 1.29 is 9.53 Å². The lowest BCUT2D eigenvalue weighted by atomic mass is 10.2. The Balaban J connectivity index is 2.31. The highest BCUT2D eigenvalue weighted by atomic mass is 16.5. The number of carbonyl (C=O) groups excluding carboxylic acids is 1. The van der Waals surface area contributed by atoms with E-state index in [0.29, 0.717) is 18.8 Å². The number of nitrogens with two attached hydrogens (primary N) is 1. The molecule has 0 saturated heterocycles. The molecule has 0 aromatic heterocycles. The van der Waals surface area contributed by atoms with Crippen molar-refractivity contribution in [1.29, 1.82) is 0 Å². The first-order valence-electron chi connectivity index (χ1n) is 6.01. The second kappa shape index (κ2) is 7.50. The molecule has 3 N–H and O–H groups in total. The maximum absolute atomic E-state index is 11.5. The van der Waals surface area contributed by atoms with Crippen LogP contribution in [-0.2, 0) is 9.53 Å². The summed E-state index contributed by atoms with van der Waals surface area (Å²) in [6.07, 6.45) is 3.41. The van der Waals surface area contributed by atoms with Gasteiger partial charge in [0.15, 0.2) is 0 Å². The van der Waals surface area contributed by atoms with E-state index in [0.717, 1.165) is 5.56 Å². The Morgan fingerprint density at radius 3 is 2.94 bits per heavy atom.